The van der Waals surface area contributed by atoms with Crippen molar-refractivity contribution in [1.29, 1.82) is 0 Å². The molecule has 2 rings (SSSR count). The average molecular weight is 195 g/mol. The lowest BCUT2D eigenvalue weighted by molar-refractivity contribution is 0.384. The van der Waals surface area contributed by atoms with Crippen molar-refractivity contribution in [3.63, 3.8) is 0 Å². The molecular formula is C11H14FNO. The second-order valence-electron chi connectivity index (χ2n) is 3.76. The van der Waals surface area contributed by atoms with E-state index in [1.54, 1.807) is 12.1 Å². The second kappa shape index (κ2) is 3.58. The Balaban J connectivity index is 2.40. The van der Waals surface area contributed by atoms with E-state index in [-0.39, 0.29) is 11.9 Å². The zero-order valence-corrected chi connectivity index (χ0v) is 8.22. The maximum absolute atomic E-state index is 13.3. The third-order valence-corrected chi connectivity index (χ3v) is 2.74. The van der Waals surface area contributed by atoms with Crippen LogP contribution < -0.4 is 10.5 Å². The fraction of sp³-hybridized carbons (Fsp3) is 0.455. The summed E-state index contributed by atoms with van der Waals surface area (Å²) >= 11 is 0. The summed E-state index contributed by atoms with van der Waals surface area (Å²) in [5.41, 5.74) is 8.02. The molecule has 1 aromatic rings. The standard InChI is InChI=1S/C11H14FNO/c1-14-11-6-7-2-3-9(13)4-8(7)5-10(11)12/h5-6,9H,2-4,13H2,1H3/t9-/m1/s1. The van der Waals surface area contributed by atoms with E-state index in [4.69, 9.17) is 10.5 Å². The van der Waals surface area contributed by atoms with Crippen LogP contribution in [0.3, 0.4) is 0 Å². The predicted molar refractivity (Wildman–Crippen MR) is 53.0 cm³/mol. The summed E-state index contributed by atoms with van der Waals surface area (Å²) in [5, 5.41) is 0. The van der Waals surface area contributed by atoms with Crippen LogP contribution in [0, 0.1) is 5.82 Å². The highest BCUT2D eigenvalue weighted by molar-refractivity contribution is 5.39. The molecule has 1 aromatic carbocycles. The molecule has 0 spiro atoms. The van der Waals surface area contributed by atoms with Crippen LogP contribution in [0.15, 0.2) is 12.1 Å². The summed E-state index contributed by atoms with van der Waals surface area (Å²) in [6, 6.07) is 3.51. The third kappa shape index (κ3) is 1.60. The summed E-state index contributed by atoms with van der Waals surface area (Å²) in [5.74, 6) is 0.0413. The molecule has 0 amide bonds. The van der Waals surface area contributed by atoms with Gasteiger partial charge in [-0.25, -0.2) is 4.39 Å². The molecule has 14 heavy (non-hydrogen) atoms. The Bertz CT molecular complexity index is 351. The van der Waals surface area contributed by atoms with Gasteiger partial charge in [-0.2, -0.15) is 0 Å². The molecular weight excluding hydrogens is 181 g/mol. The van der Waals surface area contributed by atoms with Crippen molar-refractivity contribution < 1.29 is 9.13 Å². The molecule has 76 valence electrons. The van der Waals surface area contributed by atoms with Gasteiger partial charge in [0, 0.05) is 6.04 Å². The number of ether oxygens (including phenoxy) is 1. The third-order valence-electron chi connectivity index (χ3n) is 2.74. The van der Waals surface area contributed by atoms with Gasteiger partial charge >= 0.3 is 0 Å². The van der Waals surface area contributed by atoms with Crippen molar-refractivity contribution in [2.24, 2.45) is 5.73 Å². The number of hydrogen-bond acceptors (Lipinski definition) is 2. The monoisotopic (exact) mass is 195 g/mol. The first-order valence-electron chi connectivity index (χ1n) is 4.81. The minimum Gasteiger partial charge on any atom is -0.494 e. The molecule has 2 nitrogen and oxygen atoms in total. The zero-order chi connectivity index (χ0) is 10.1. The lowest BCUT2D eigenvalue weighted by atomic mass is 9.88. The predicted octanol–water partition coefficient (Wildman–Crippen LogP) is 1.65. The van der Waals surface area contributed by atoms with Crippen LogP contribution in [0.1, 0.15) is 17.5 Å². The summed E-state index contributed by atoms with van der Waals surface area (Å²) in [6.07, 6.45) is 2.67. The Morgan fingerprint density at radius 1 is 1.43 bits per heavy atom. The molecule has 0 unspecified atom stereocenters. The molecule has 1 aliphatic rings. The SMILES string of the molecule is COc1cc2c(cc1F)C[C@H](N)CC2. The number of halogens is 1. The molecule has 1 aliphatic carbocycles. The first-order valence-corrected chi connectivity index (χ1v) is 4.81. The summed E-state index contributed by atoms with van der Waals surface area (Å²) in [4.78, 5) is 0. The van der Waals surface area contributed by atoms with Gasteiger partial charge in [0.1, 0.15) is 0 Å². The van der Waals surface area contributed by atoms with E-state index >= 15 is 0 Å². The minimum absolute atomic E-state index is 0.176. The van der Waals surface area contributed by atoms with Crippen LogP contribution in [0.25, 0.3) is 0 Å². The summed E-state index contributed by atoms with van der Waals surface area (Å²) in [7, 11) is 1.49. The van der Waals surface area contributed by atoms with Crippen LogP contribution in [-0.2, 0) is 12.8 Å². The quantitative estimate of drug-likeness (QED) is 0.739. The number of nitrogens with two attached hydrogens (primary N) is 1. The highest BCUT2D eigenvalue weighted by Gasteiger charge is 2.18. The number of rotatable bonds is 1. The Labute approximate surface area is 82.9 Å². The van der Waals surface area contributed by atoms with E-state index in [1.807, 2.05) is 0 Å². The Kier molecular flexibility index (Phi) is 2.42. The van der Waals surface area contributed by atoms with E-state index in [0.717, 1.165) is 24.8 Å². The molecule has 0 saturated carbocycles. The maximum Gasteiger partial charge on any atom is 0.165 e. The van der Waals surface area contributed by atoms with E-state index < -0.39 is 0 Å². The first-order chi connectivity index (χ1) is 6.70. The van der Waals surface area contributed by atoms with E-state index in [9.17, 15) is 4.39 Å². The van der Waals surface area contributed by atoms with Gasteiger partial charge in [0.15, 0.2) is 11.6 Å². The van der Waals surface area contributed by atoms with Gasteiger partial charge in [-0.15, -0.1) is 0 Å². The lowest BCUT2D eigenvalue weighted by Gasteiger charge is -2.21. The second-order valence-corrected chi connectivity index (χ2v) is 3.76. The minimum atomic E-state index is -0.291. The molecule has 0 aromatic heterocycles. The van der Waals surface area contributed by atoms with Gasteiger partial charge in [0.05, 0.1) is 7.11 Å². The molecule has 0 saturated heterocycles. The molecule has 1 atom stereocenters. The van der Waals surface area contributed by atoms with Gasteiger partial charge in [-0.1, -0.05) is 0 Å². The Hall–Kier alpha value is -1.09. The van der Waals surface area contributed by atoms with Crippen LogP contribution in [0.2, 0.25) is 0 Å². The number of benzene rings is 1. The van der Waals surface area contributed by atoms with Gasteiger partial charge in [-0.3, -0.25) is 0 Å². The Morgan fingerprint density at radius 2 is 2.21 bits per heavy atom. The summed E-state index contributed by atoms with van der Waals surface area (Å²) < 4.78 is 18.3. The van der Waals surface area contributed by atoms with E-state index in [2.05, 4.69) is 0 Å². The first kappa shape index (κ1) is 9.46. The number of methoxy groups -OCH3 is 1. The highest BCUT2D eigenvalue weighted by atomic mass is 19.1. The number of hydrogen-bond donors (Lipinski definition) is 1. The number of aryl methyl sites for hydroxylation is 1. The lowest BCUT2D eigenvalue weighted by Crippen LogP contribution is -2.27. The van der Waals surface area contributed by atoms with Crippen molar-refractivity contribution in [3.05, 3.63) is 29.1 Å². The van der Waals surface area contributed by atoms with E-state index in [0.29, 0.717) is 5.75 Å². The molecule has 0 aliphatic heterocycles. The van der Waals surface area contributed by atoms with Crippen molar-refractivity contribution in [1.82, 2.24) is 0 Å². The van der Waals surface area contributed by atoms with Crippen molar-refractivity contribution in [3.8, 4) is 5.75 Å². The smallest absolute Gasteiger partial charge is 0.165 e. The van der Waals surface area contributed by atoms with Crippen LogP contribution in [0.4, 0.5) is 4.39 Å². The van der Waals surface area contributed by atoms with Crippen LogP contribution >= 0.6 is 0 Å². The molecule has 0 heterocycles. The zero-order valence-electron chi connectivity index (χ0n) is 8.22. The Morgan fingerprint density at radius 3 is 2.93 bits per heavy atom. The molecule has 0 radical (unpaired) electrons. The molecule has 0 fully saturated rings. The van der Waals surface area contributed by atoms with Gasteiger partial charge in [0.25, 0.3) is 0 Å². The van der Waals surface area contributed by atoms with Gasteiger partial charge < -0.3 is 10.5 Å². The molecule has 2 N–H and O–H groups in total. The van der Waals surface area contributed by atoms with Gasteiger partial charge in [-0.05, 0) is 42.5 Å². The van der Waals surface area contributed by atoms with Crippen molar-refractivity contribution in [2.45, 2.75) is 25.3 Å². The number of fused-ring (bicyclic) bond motifs is 1. The fourth-order valence-electron chi connectivity index (χ4n) is 1.94. The molecule has 0 bridgehead atoms. The van der Waals surface area contributed by atoms with E-state index in [1.165, 1.54) is 12.7 Å². The van der Waals surface area contributed by atoms with Crippen LogP contribution in [-0.4, -0.2) is 13.2 Å². The van der Waals surface area contributed by atoms with Crippen molar-refractivity contribution in [2.75, 3.05) is 7.11 Å². The fourth-order valence-corrected chi connectivity index (χ4v) is 1.94. The molecule has 3 heteroatoms. The topological polar surface area (TPSA) is 35.2 Å². The maximum atomic E-state index is 13.3. The average Bonchev–Trinajstić information content (AvgIpc) is 2.16. The highest BCUT2D eigenvalue weighted by Crippen LogP contribution is 2.27. The largest absolute Gasteiger partial charge is 0.494 e. The van der Waals surface area contributed by atoms with Crippen LogP contribution in [0.5, 0.6) is 5.75 Å². The van der Waals surface area contributed by atoms with Crippen molar-refractivity contribution >= 4 is 0 Å². The normalized spacial score (nSPS) is 20.4. The summed E-state index contributed by atoms with van der Waals surface area (Å²) in [6.45, 7) is 0. The van der Waals surface area contributed by atoms with Gasteiger partial charge in [0.2, 0.25) is 0 Å².